The first-order chi connectivity index (χ1) is 9.70. The Bertz CT molecular complexity index is 559. The molecule has 1 unspecified atom stereocenters. The van der Waals surface area contributed by atoms with Gasteiger partial charge < -0.3 is 10.4 Å². The number of aliphatic hydroxyl groups is 1. The van der Waals surface area contributed by atoms with Gasteiger partial charge in [0.15, 0.2) is 0 Å². The van der Waals surface area contributed by atoms with Gasteiger partial charge in [-0.2, -0.15) is 0 Å². The molecule has 1 aliphatic carbocycles. The molecule has 1 aromatic carbocycles. The number of nitrogens with one attached hydrogen (secondary N) is 1. The van der Waals surface area contributed by atoms with Gasteiger partial charge in [-0.15, -0.1) is 11.3 Å². The van der Waals surface area contributed by atoms with Crippen LogP contribution in [0.25, 0.3) is 0 Å². The van der Waals surface area contributed by atoms with Gasteiger partial charge in [0.05, 0.1) is 6.10 Å². The van der Waals surface area contributed by atoms with Crippen LogP contribution in [-0.4, -0.2) is 11.7 Å². The summed E-state index contributed by atoms with van der Waals surface area (Å²) in [6, 6.07) is 14.4. The van der Waals surface area contributed by atoms with Crippen LogP contribution in [0.5, 0.6) is 0 Å². The minimum absolute atomic E-state index is 0.0493. The van der Waals surface area contributed by atoms with Gasteiger partial charge >= 0.3 is 0 Å². The lowest BCUT2D eigenvalue weighted by molar-refractivity contribution is 0.0918. The zero-order chi connectivity index (χ0) is 14.0. The van der Waals surface area contributed by atoms with E-state index < -0.39 is 0 Å². The molecule has 0 radical (unpaired) electrons. The predicted octanol–water partition coefficient (Wildman–Crippen LogP) is 3.66. The Labute approximate surface area is 124 Å². The molecule has 106 valence electrons. The lowest BCUT2D eigenvalue weighted by atomic mass is 9.93. The zero-order valence-corrected chi connectivity index (χ0v) is 12.6. The van der Waals surface area contributed by atoms with Crippen molar-refractivity contribution in [2.75, 3.05) is 6.54 Å². The molecule has 1 heterocycles. The Morgan fingerprint density at radius 2 is 1.95 bits per heavy atom. The van der Waals surface area contributed by atoms with Crippen molar-refractivity contribution in [1.82, 2.24) is 5.32 Å². The van der Waals surface area contributed by atoms with Gasteiger partial charge in [0.25, 0.3) is 0 Å². The monoisotopic (exact) mass is 287 g/mol. The minimum atomic E-state index is -0.346. The number of rotatable bonds is 6. The molecule has 1 atom stereocenters. The Morgan fingerprint density at radius 3 is 2.55 bits per heavy atom. The minimum Gasteiger partial charge on any atom is -0.388 e. The number of aliphatic hydroxyl groups excluding tert-OH is 1. The number of benzene rings is 1. The topological polar surface area (TPSA) is 32.3 Å². The van der Waals surface area contributed by atoms with E-state index in [0.717, 1.165) is 31.5 Å². The standard InChI is InChI=1S/C17H21NOS/c1-13-7-8-15(20-13)11-18-12-17(9-10-17)16(19)14-5-3-2-4-6-14/h2-8,16,18-19H,9-12H2,1H3. The summed E-state index contributed by atoms with van der Waals surface area (Å²) in [4.78, 5) is 2.72. The zero-order valence-electron chi connectivity index (χ0n) is 11.8. The molecule has 0 amide bonds. The van der Waals surface area contributed by atoms with Crippen molar-refractivity contribution in [3.05, 3.63) is 57.8 Å². The quantitative estimate of drug-likeness (QED) is 0.850. The molecular formula is C17H21NOS. The third-order valence-electron chi connectivity index (χ3n) is 4.16. The molecule has 1 aromatic heterocycles. The van der Waals surface area contributed by atoms with Crippen molar-refractivity contribution >= 4 is 11.3 Å². The largest absolute Gasteiger partial charge is 0.388 e. The average molecular weight is 287 g/mol. The first-order valence-corrected chi connectivity index (χ1v) is 8.00. The van der Waals surface area contributed by atoms with E-state index in [-0.39, 0.29) is 11.5 Å². The number of thiophene rings is 1. The fraction of sp³-hybridized carbons (Fsp3) is 0.412. The van der Waals surface area contributed by atoms with Gasteiger partial charge in [-0.1, -0.05) is 30.3 Å². The van der Waals surface area contributed by atoms with Gasteiger partial charge in [-0.05, 0) is 37.5 Å². The van der Waals surface area contributed by atoms with Crippen LogP contribution in [0.1, 0.15) is 34.3 Å². The van der Waals surface area contributed by atoms with E-state index in [2.05, 4.69) is 24.4 Å². The second kappa shape index (κ2) is 5.68. The van der Waals surface area contributed by atoms with Crippen molar-refractivity contribution in [3.63, 3.8) is 0 Å². The number of hydrogen-bond donors (Lipinski definition) is 2. The van der Waals surface area contributed by atoms with Gasteiger partial charge in [0.2, 0.25) is 0 Å². The van der Waals surface area contributed by atoms with Crippen LogP contribution in [0.4, 0.5) is 0 Å². The first kappa shape index (κ1) is 13.8. The lowest BCUT2D eigenvalue weighted by Gasteiger charge is -2.23. The highest BCUT2D eigenvalue weighted by molar-refractivity contribution is 7.11. The Morgan fingerprint density at radius 1 is 1.20 bits per heavy atom. The van der Waals surface area contributed by atoms with Crippen LogP contribution in [0, 0.1) is 12.3 Å². The van der Waals surface area contributed by atoms with E-state index in [1.807, 2.05) is 41.7 Å². The summed E-state index contributed by atoms with van der Waals surface area (Å²) in [6.45, 7) is 3.93. The van der Waals surface area contributed by atoms with Crippen LogP contribution >= 0.6 is 11.3 Å². The Kier molecular flexibility index (Phi) is 3.92. The highest BCUT2D eigenvalue weighted by atomic mass is 32.1. The summed E-state index contributed by atoms with van der Waals surface area (Å²) in [5.41, 5.74) is 1.09. The second-order valence-corrected chi connectivity index (χ2v) is 7.16. The highest BCUT2D eigenvalue weighted by Crippen LogP contribution is 2.54. The maximum Gasteiger partial charge on any atom is 0.0858 e. The molecule has 0 bridgehead atoms. The molecule has 1 saturated carbocycles. The molecule has 2 N–H and O–H groups in total. The second-order valence-electron chi connectivity index (χ2n) is 5.79. The molecule has 3 heteroatoms. The average Bonchev–Trinajstić information content (AvgIpc) is 3.15. The Hall–Kier alpha value is -1.16. The van der Waals surface area contributed by atoms with Crippen molar-refractivity contribution in [3.8, 4) is 0 Å². The summed E-state index contributed by atoms with van der Waals surface area (Å²) in [7, 11) is 0. The van der Waals surface area contributed by atoms with E-state index in [9.17, 15) is 5.11 Å². The number of aryl methyl sites for hydroxylation is 1. The third-order valence-corrected chi connectivity index (χ3v) is 5.16. The SMILES string of the molecule is Cc1ccc(CNCC2(C(O)c3ccccc3)CC2)s1. The number of hydrogen-bond acceptors (Lipinski definition) is 3. The van der Waals surface area contributed by atoms with Crippen LogP contribution in [0.15, 0.2) is 42.5 Å². The van der Waals surface area contributed by atoms with Crippen molar-refractivity contribution < 1.29 is 5.11 Å². The van der Waals surface area contributed by atoms with E-state index >= 15 is 0 Å². The molecule has 1 fully saturated rings. The summed E-state index contributed by atoms with van der Waals surface area (Å²) in [5.74, 6) is 0. The van der Waals surface area contributed by atoms with Crippen molar-refractivity contribution in [1.29, 1.82) is 0 Å². The van der Waals surface area contributed by atoms with E-state index in [0.29, 0.717) is 0 Å². The summed E-state index contributed by atoms with van der Waals surface area (Å²) in [6.07, 6.45) is 1.88. The normalized spacial score (nSPS) is 17.9. The maximum atomic E-state index is 10.6. The molecule has 2 aromatic rings. The first-order valence-electron chi connectivity index (χ1n) is 7.19. The molecule has 0 spiro atoms. The van der Waals surface area contributed by atoms with Crippen LogP contribution < -0.4 is 5.32 Å². The van der Waals surface area contributed by atoms with Gasteiger partial charge in [-0.25, -0.2) is 0 Å². The molecule has 1 aliphatic rings. The van der Waals surface area contributed by atoms with Crippen LogP contribution in [0.2, 0.25) is 0 Å². The fourth-order valence-corrected chi connectivity index (χ4v) is 3.57. The molecule has 0 saturated heterocycles. The third kappa shape index (κ3) is 2.95. The molecule has 3 rings (SSSR count). The Balaban J connectivity index is 1.57. The molecule has 2 nitrogen and oxygen atoms in total. The predicted molar refractivity (Wildman–Crippen MR) is 83.8 cm³/mol. The van der Waals surface area contributed by atoms with Gasteiger partial charge in [0.1, 0.15) is 0 Å². The summed E-state index contributed by atoms with van der Waals surface area (Å²) in [5, 5.41) is 14.1. The van der Waals surface area contributed by atoms with Gasteiger partial charge in [-0.3, -0.25) is 0 Å². The van der Waals surface area contributed by atoms with Crippen LogP contribution in [-0.2, 0) is 6.54 Å². The molecule has 0 aliphatic heterocycles. The van der Waals surface area contributed by atoms with E-state index in [1.54, 1.807) is 0 Å². The summed E-state index contributed by atoms with van der Waals surface area (Å²) >= 11 is 1.84. The van der Waals surface area contributed by atoms with E-state index in [4.69, 9.17) is 0 Å². The van der Waals surface area contributed by atoms with Crippen LogP contribution in [0.3, 0.4) is 0 Å². The van der Waals surface area contributed by atoms with Gasteiger partial charge in [0, 0.05) is 28.3 Å². The molecular weight excluding hydrogens is 266 g/mol. The van der Waals surface area contributed by atoms with Crippen molar-refractivity contribution in [2.24, 2.45) is 5.41 Å². The molecule has 20 heavy (non-hydrogen) atoms. The van der Waals surface area contributed by atoms with Crippen molar-refractivity contribution in [2.45, 2.75) is 32.4 Å². The van der Waals surface area contributed by atoms with E-state index in [1.165, 1.54) is 9.75 Å². The fourth-order valence-electron chi connectivity index (χ4n) is 2.71. The maximum absolute atomic E-state index is 10.6. The smallest absolute Gasteiger partial charge is 0.0858 e. The lowest BCUT2D eigenvalue weighted by Crippen LogP contribution is -2.28. The highest BCUT2D eigenvalue weighted by Gasteiger charge is 2.48. The summed E-state index contributed by atoms with van der Waals surface area (Å²) < 4.78 is 0.